The minimum absolute atomic E-state index is 0.0435. The molecule has 0 unspecified atom stereocenters. The lowest BCUT2D eigenvalue weighted by atomic mass is 10.2. The molecule has 1 aliphatic heterocycles. The zero-order valence-corrected chi connectivity index (χ0v) is 14.9. The Morgan fingerprint density at radius 1 is 1.21 bits per heavy atom. The lowest BCUT2D eigenvalue weighted by molar-refractivity contribution is -0.121. The SMILES string of the molecule is O=C(Cn1ncc2c(N3CCOCC3)ncnc21)NCc1ccc(F)cc1F. The summed E-state index contributed by atoms with van der Waals surface area (Å²) >= 11 is 0. The van der Waals surface area contributed by atoms with Gasteiger partial charge in [0.25, 0.3) is 0 Å². The van der Waals surface area contributed by atoms with Crippen LogP contribution in [0.5, 0.6) is 0 Å². The minimum atomic E-state index is -0.701. The van der Waals surface area contributed by atoms with Gasteiger partial charge in [-0.15, -0.1) is 0 Å². The number of fused-ring (bicyclic) bond motifs is 1. The first-order chi connectivity index (χ1) is 13.6. The molecule has 3 heterocycles. The van der Waals surface area contributed by atoms with Crippen LogP contribution in [0.2, 0.25) is 0 Å². The van der Waals surface area contributed by atoms with Crippen LogP contribution >= 0.6 is 0 Å². The molecule has 1 fully saturated rings. The van der Waals surface area contributed by atoms with E-state index in [1.165, 1.54) is 17.1 Å². The summed E-state index contributed by atoms with van der Waals surface area (Å²) in [5.41, 5.74) is 0.747. The quantitative estimate of drug-likeness (QED) is 0.708. The average Bonchev–Trinajstić information content (AvgIpc) is 3.11. The number of halogens is 2. The van der Waals surface area contributed by atoms with Crippen LogP contribution in [0.4, 0.5) is 14.6 Å². The standard InChI is InChI=1S/C18H18F2N6O2/c19-13-2-1-12(15(20)7-13)8-21-16(27)10-26-18-14(9-24-26)17(22-11-23-18)25-3-5-28-6-4-25/h1-2,7,9,11H,3-6,8,10H2,(H,21,27). The van der Waals surface area contributed by atoms with Gasteiger partial charge in [0.2, 0.25) is 5.91 Å². The van der Waals surface area contributed by atoms with E-state index >= 15 is 0 Å². The van der Waals surface area contributed by atoms with E-state index < -0.39 is 11.6 Å². The molecule has 1 amide bonds. The molecule has 28 heavy (non-hydrogen) atoms. The van der Waals surface area contributed by atoms with Gasteiger partial charge in [-0.1, -0.05) is 6.07 Å². The first kappa shape index (κ1) is 18.2. The van der Waals surface area contributed by atoms with Crippen molar-refractivity contribution in [2.24, 2.45) is 0 Å². The predicted octanol–water partition coefficient (Wildman–Crippen LogP) is 1.26. The number of rotatable bonds is 5. The summed E-state index contributed by atoms with van der Waals surface area (Å²) in [7, 11) is 0. The maximum Gasteiger partial charge on any atom is 0.242 e. The molecule has 0 aliphatic carbocycles. The Hall–Kier alpha value is -3.14. The lowest BCUT2D eigenvalue weighted by Crippen LogP contribution is -2.36. The van der Waals surface area contributed by atoms with Crippen LogP contribution in [0.3, 0.4) is 0 Å². The maximum atomic E-state index is 13.7. The van der Waals surface area contributed by atoms with E-state index in [0.29, 0.717) is 18.9 Å². The molecule has 1 N–H and O–H groups in total. The van der Waals surface area contributed by atoms with Crippen molar-refractivity contribution in [3.63, 3.8) is 0 Å². The summed E-state index contributed by atoms with van der Waals surface area (Å²) < 4.78 is 33.5. The van der Waals surface area contributed by atoms with Crippen LogP contribution in [0.1, 0.15) is 5.56 Å². The number of anilines is 1. The fraction of sp³-hybridized carbons (Fsp3) is 0.333. The molecule has 4 rings (SSSR count). The molecule has 3 aromatic rings. The highest BCUT2D eigenvalue weighted by molar-refractivity contribution is 5.87. The number of hydrogen-bond acceptors (Lipinski definition) is 6. The molecule has 0 spiro atoms. The van der Waals surface area contributed by atoms with E-state index in [2.05, 4.69) is 25.3 Å². The molecule has 1 saturated heterocycles. The molecular formula is C18H18F2N6O2. The molecule has 10 heteroatoms. The number of aromatic nitrogens is 4. The zero-order chi connectivity index (χ0) is 19.5. The number of morpholine rings is 1. The maximum absolute atomic E-state index is 13.7. The van der Waals surface area contributed by atoms with E-state index in [1.807, 2.05) is 0 Å². The van der Waals surface area contributed by atoms with Crippen molar-refractivity contribution >= 4 is 22.8 Å². The van der Waals surface area contributed by atoms with Gasteiger partial charge in [0.1, 0.15) is 30.3 Å². The highest BCUT2D eigenvalue weighted by Gasteiger charge is 2.18. The van der Waals surface area contributed by atoms with Crippen molar-refractivity contribution in [3.8, 4) is 0 Å². The predicted molar refractivity (Wildman–Crippen MR) is 96.6 cm³/mol. The van der Waals surface area contributed by atoms with Gasteiger partial charge in [-0.25, -0.2) is 23.4 Å². The molecule has 0 atom stereocenters. The summed E-state index contributed by atoms with van der Waals surface area (Å²) in [6.45, 7) is 2.58. The van der Waals surface area contributed by atoms with Gasteiger partial charge in [-0.2, -0.15) is 5.10 Å². The van der Waals surface area contributed by atoms with E-state index in [-0.39, 0.29) is 24.6 Å². The van der Waals surface area contributed by atoms with Gasteiger partial charge >= 0.3 is 0 Å². The molecule has 1 aromatic carbocycles. The van der Waals surface area contributed by atoms with Crippen molar-refractivity contribution in [2.45, 2.75) is 13.1 Å². The number of amides is 1. The molecule has 2 aromatic heterocycles. The van der Waals surface area contributed by atoms with Gasteiger partial charge in [0, 0.05) is 31.3 Å². The molecule has 8 nitrogen and oxygen atoms in total. The van der Waals surface area contributed by atoms with Crippen molar-refractivity contribution < 1.29 is 18.3 Å². The monoisotopic (exact) mass is 388 g/mol. The minimum Gasteiger partial charge on any atom is -0.378 e. The largest absolute Gasteiger partial charge is 0.378 e. The van der Waals surface area contributed by atoms with Gasteiger partial charge in [0.15, 0.2) is 5.65 Å². The third-order valence-electron chi connectivity index (χ3n) is 4.51. The van der Waals surface area contributed by atoms with Crippen molar-refractivity contribution in [3.05, 3.63) is 47.9 Å². The number of benzene rings is 1. The van der Waals surface area contributed by atoms with Crippen molar-refractivity contribution in [1.29, 1.82) is 0 Å². The Balaban J connectivity index is 1.46. The van der Waals surface area contributed by atoms with Crippen LogP contribution < -0.4 is 10.2 Å². The third kappa shape index (κ3) is 3.77. The van der Waals surface area contributed by atoms with Crippen LogP contribution in [0, 0.1) is 11.6 Å². The lowest BCUT2D eigenvalue weighted by Gasteiger charge is -2.27. The number of nitrogens with one attached hydrogen (secondary N) is 1. The Morgan fingerprint density at radius 3 is 2.82 bits per heavy atom. The number of carbonyl (C=O) groups excluding carboxylic acids is 1. The van der Waals surface area contributed by atoms with E-state index in [0.717, 1.165) is 36.4 Å². The van der Waals surface area contributed by atoms with Gasteiger partial charge in [-0.3, -0.25) is 4.79 Å². The second-order valence-electron chi connectivity index (χ2n) is 6.35. The Morgan fingerprint density at radius 2 is 2.04 bits per heavy atom. The van der Waals surface area contributed by atoms with Gasteiger partial charge in [0.05, 0.1) is 24.8 Å². The fourth-order valence-corrected chi connectivity index (χ4v) is 3.07. The number of nitrogens with zero attached hydrogens (tertiary/aromatic N) is 5. The van der Waals surface area contributed by atoms with Crippen LogP contribution in [-0.4, -0.2) is 52.0 Å². The van der Waals surface area contributed by atoms with Crippen LogP contribution in [0.25, 0.3) is 11.0 Å². The first-order valence-corrected chi connectivity index (χ1v) is 8.81. The van der Waals surface area contributed by atoms with Gasteiger partial charge < -0.3 is 15.0 Å². The van der Waals surface area contributed by atoms with E-state index in [4.69, 9.17) is 4.74 Å². The normalized spacial score (nSPS) is 14.4. The van der Waals surface area contributed by atoms with Crippen LogP contribution in [0.15, 0.2) is 30.7 Å². The molecule has 146 valence electrons. The summed E-state index contributed by atoms with van der Waals surface area (Å²) in [6, 6.07) is 3.23. The first-order valence-electron chi connectivity index (χ1n) is 8.81. The number of ether oxygens (including phenoxy) is 1. The van der Waals surface area contributed by atoms with E-state index in [9.17, 15) is 13.6 Å². The third-order valence-corrected chi connectivity index (χ3v) is 4.51. The summed E-state index contributed by atoms with van der Waals surface area (Å²) in [4.78, 5) is 22.9. The molecule has 0 saturated carbocycles. The van der Waals surface area contributed by atoms with Crippen molar-refractivity contribution in [2.75, 3.05) is 31.2 Å². The summed E-state index contributed by atoms with van der Waals surface area (Å²) in [5, 5.41) is 7.61. The zero-order valence-electron chi connectivity index (χ0n) is 14.9. The second kappa shape index (κ2) is 7.85. The number of hydrogen-bond donors (Lipinski definition) is 1. The Kier molecular flexibility index (Phi) is 5.11. The van der Waals surface area contributed by atoms with Crippen LogP contribution in [-0.2, 0) is 22.6 Å². The topological polar surface area (TPSA) is 85.2 Å². The second-order valence-corrected chi connectivity index (χ2v) is 6.35. The fourth-order valence-electron chi connectivity index (χ4n) is 3.07. The highest BCUT2D eigenvalue weighted by atomic mass is 19.1. The summed E-state index contributed by atoms with van der Waals surface area (Å²) in [5.74, 6) is -0.965. The van der Waals surface area contributed by atoms with E-state index in [1.54, 1.807) is 6.20 Å². The van der Waals surface area contributed by atoms with Crippen molar-refractivity contribution in [1.82, 2.24) is 25.1 Å². The average molecular weight is 388 g/mol. The molecule has 0 bridgehead atoms. The summed E-state index contributed by atoms with van der Waals surface area (Å²) in [6.07, 6.45) is 3.07. The number of carbonyl (C=O) groups is 1. The molecule has 1 aliphatic rings. The molecule has 0 radical (unpaired) electrons. The highest BCUT2D eigenvalue weighted by Crippen LogP contribution is 2.23. The molecular weight excluding hydrogens is 370 g/mol. The Labute approximate surface area is 159 Å². The smallest absolute Gasteiger partial charge is 0.242 e. The van der Waals surface area contributed by atoms with Gasteiger partial charge in [-0.05, 0) is 6.07 Å². The Bertz CT molecular complexity index is 1000.